The molecule has 0 radical (unpaired) electrons. The second-order valence-corrected chi connectivity index (χ2v) is 11.1. The first kappa shape index (κ1) is 18.0. The second kappa shape index (κ2) is 5.99. The van der Waals surface area contributed by atoms with Crippen LogP contribution in [0.3, 0.4) is 0 Å². The number of alkyl halides is 3. The highest BCUT2D eigenvalue weighted by molar-refractivity contribution is 6.87. The van der Waals surface area contributed by atoms with E-state index in [4.69, 9.17) is 0 Å². The Morgan fingerprint density at radius 2 is 1.74 bits per heavy atom. The van der Waals surface area contributed by atoms with Gasteiger partial charge in [0.25, 0.3) is 0 Å². The maximum Gasteiger partial charge on any atom is 0.393 e. The number of hydrogen-bond acceptors (Lipinski definition) is 2. The predicted molar refractivity (Wildman–Crippen MR) is 71.2 cm³/mol. The van der Waals surface area contributed by atoms with Gasteiger partial charge in [-0.1, -0.05) is 39.8 Å². The minimum Gasteiger partial charge on any atom is -0.449 e. The van der Waals surface area contributed by atoms with Crippen molar-refractivity contribution in [1.82, 2.24) is 0 Å². The summed E-state index contributed by atoms with van der Waals surface area (Å²) in [5.41, 5.74) is 2.94. The highest BCUT2D eigenvalue weighted by Crippen LogP contribution is 2.35. The Morgan fingerprint density at radius 1 is 1.26 bits per heavy atom. The average molecular weight is 294 g/mol. The van der Waals surface area contributed by atoms with E-state index < -0.39 is 32.7 Å². The van der Waals surface area contributed by atoms with Gasteiger partial charge >= 0.3 is 12.1 Å². The SMILES string of the molecule is CC(=O)OC(C#C[Si](C)(C)C(C)(C)C)CC(F)(F)F. The van der Waals surface area contributed by atoms with Crippen molar-refractivity contribution in [2.45, 2.75) is 64.5 Å². The van der Waals surface area contributed by atoms with Crippen LogP contribution < -0.4 is 0 Å². The summed E-state index contributed by atoms with van der Waals surface area (Å²) in [5.74, 6) is 1.75. The molecule has 0 saturated carbocycles. The molecule has 0 aromatic carbocycles. The molecular formula is C13H21F3O2Si. The van der Waals surface area contributed by atoms with Gasteiger partial charge in [0.15, 0.2) is 6.10 Å². The number of ether oxygens (including phenoxy) is 1. The van der Waals surface area contributed by atoms with E-state index in [9.17, 15) is 18.0 Å². The molecule has 2 nitrogen and oxygen atoms in total. The fourth-order valence-electron chi connectivity index (χ4n) is 0.981. The summed E-state index contributed by atoms with van der Waals surface area (Å²) in [6, 6.07) is 0. The molecule has 0 fully saturated rings. The van der Waals surface area contributed by atoms with Gasteiger partial charge in [-0.05, 0) is 5.04 Å². The van der Waals surface area contributed by atoms with Crippen molar-refractivity contribution in [3.8, 4) is 11.5 Å². The van der Waals surface area contributed by atoms with Crippen LogP contribution in [0, 0.1) is 11.5 Å². The lowest BCUT2D eigenvalue weighted by Crippen LogP contribution is -2.36. The zero-order valence-electron chi connectivity index (χ0n) is 12.2. The van der Waals surface area contributed by atoms with Crippen LogP contribution in [0.5, 0.6) is 0 Å². The molecular weight excluding hydrogens is 273 g/mol. The summed E-state index contributed by atoms with van der Waals surface area (Å²) >= 11 is 0. The number of hydrogen-bond donors (Lipinski definition) is 0. The normalized spacial score (nSPS) is 14.4. The third kappa shape index (κ3) is 7.26. The van der Waals surface area contributed by atoms with Crippen LogP contribution >= 0.6 is 0 Å². The lowest BCUT2D eigenvalue weighted by Gasteiger charge is -2.31. The van der Waals surface area contributed by atoms with Crippen molar-refractivity contribution >= 4 is 14.0 Å². The number of rotatable bonds is 2. The van der Waals surface area contributed by atoms with Crippen molar-refractivity contribution in [2.24, 2.45) is 0 Å². The third-order valence-electron chi connectivity index (χ3n) is 3.15. The number of halogens is 3. The van der Waals surface area contributed by atoms with Crippen molar-refractivity contribution in [3.63, 3.8) is 0 Å². The van der Waals surface area contributed by atoms with Gasteiger partial charge < -0.3 is 4.74 Å². The van der Waals surface area contributed by atoms with E-state index in [0.29, 0.717) is 0 Å². The van der Waals surface area contributed by atoms with Gasteiger partial charge in [0.2, 0.25) is 0 Å². The van der Waals surface area contributed by atoms with Gasteiger partial charge in [-0.25, -0.2) is 0 Å². The van der Waals surface area contributed by atoms with Crippen LogP contribution in [-0.2, 0) is 9.53 Å². The molecule has 0 spiro atoms. The van der Waals surface area contributed by atoms with Gasteiger partial charge in [-0.3, -0.25) is 4.79 Å². The summed E-state index contributed by atoms with van der Waals surface area (Å²) < 4.78 is 41.7. The van der Waals surface area contributed by atoms with Crippen LogP contribution in [0.1, 0.15) is 34.1 Å². The lowest BCUT2D eigenvalue weighted by molar-refractivity contribution is -0.164. The molecule has 0 rings (SSSR count). The fourth-order valence-corrected chi connectivity index (χ4v) is 1.88. The largest absolute Gasteiger partial charge is 0.449 e. The first-order valence-electron chi connectivity index (χ1n) is 6.01. The Bertz CT molecular complexity index is 383. The monoisotopic (exact) mass is 294 g/mol. The van der Waals surface area contributed by atoms with Crippen molar-refractivity contribution < 1.29 is 22.7 Å². The van der Waals surface area contributed by atoms with Gasteiger partial charge in [0.05, 0.1) is 6.42 Å². The Labute approximate surface area is 113 Å². The Morgan fingerprint density at radius 3 is 2.05 bits per heavy atom. The minimum atomic E-state index is -4.40. The molecule has 0 saturated heterocycles. The molecule has 0 aliphatic heterocycles. The minimum absolute atomic E-state index is 0.0565. The number of carbonyl (C=O) groups is 1. The average Bonchev–Trinajstić information content (AvgIpc) is 2.09. The van der Waals surface area contributed by atoms with Gasteiger partial charge in [-0.15, -0.1) is 5.54 Å². The molecule has 19 heavy (non-hydrogen) atoms. The van der Waals surface area contributed by atoms with Crippen LogP contribution in [0.4, 0.5) is 13.2 Å². The molecule has 0 aromatic heterocycles. The third-order valence-corrected chi connectivity index (χ3v) is 7.67. The molecule has 1 unspecified atom stereocenters. The van der Waals surface area contributed by atoms with E-state index in [-0.39, 0.29) is 5.04 Å². The van der Waals surface area contributed by atoms with Crippen LogP contribution in [0.15, 0.2) is 0 Å². The quantitative estimate of drug-likeness (QED) is 0.438. The molecule has 0 heterocycles. The number of esters is 1. The highest BCUT2D eigenvalue weighted by Gasteiger charge is 2.35. The summed E-state index contributed by atoms with van der Waals surface area (Å²) in [5, 5.41) is -0.0565. The topological polar surface area (TPSA) is 26.3 Å². The first-order chi connectivity index (χ1) is 8.24. The van der Waals surface area contributed by atoms with Gasteiger partial charge in [0, 0.05) is 6.92 Å². The van der Waals surface area contributed by atoms with E-state index in [1.807, 2.05) is 33.9 Å². The van der Waals surface area contributed by atoms with E-state index in [2.05, 4.69) is 16.2 Å². The molecule has 0 aliphatic rings. The van der Waals surface area contributed by atoms with Crippen LogP contribution in [0.2, 0.25) is 18.1 Å². The molecule has 0 aliphatic carbocycles. The Hall–Kier alpha value is -0.963. The van der Waals surface area contributed by atoms with Crippen molar-refractivity contribution in [2.75, 3.05) is 0 Å². The van der Waals surface area contributed by atoms with Crippen molar-refractivity contribution in [1.29, 1.82) is 0 Å². The standard InChI is InChI=1S/C13H21F3O2Si/c1-10(17)18-11(9-13(14,15)16)7-8-19(5,6)12(2,3)4/h11H,9H2,1-6H3. The van der Waals surface area contributed by atoms with Crippen molar-refractivity contribution in [3.05, 3.63) is 0 Å². The second-order valence-electron chi connectivity index (χ2n) is 6.06. The van der Waals surface area contributed by atoms with Gasteiger partial charge in [0.1, 0.15) is 8.07 Å². The molecule has 110 valence electrons. The maximum atomic E-state index is 12.4. The molecule has 0 bridgehead atoms. The molecule has 0 aromatic rings. The highest BCUT2D eigenvalue weighted by atomic mass is 28.3. The summed E-state index contributed by atoms with van der Waals surface area (Å²) in [6.07, 6.45) is -7.04. The number of carbonyl (C=O) groups excluding carboxylic acids is 1. The Balaban J connectivity index is 5.08. The Kier molecular flexibility index (Phi) is 5.69. The van der Waals surface area contributed by atoms with Crippen LogP contribution in [-0.4, -0.2) is 26.3 Å². The predicted octanol–water partition coefficient (Wildman–Crippen LogP) is 3.92. The van der Waals surface area contributed by atoms with E-state index in [1.165, 1.54) is 0 Å². The molecule has 1 atom stereocenters. The zero-order valence-corrected chi connectivity index (χ0v) is 13.2. The van der Waals surface area contributed by atoms with Gasteiger partial charge in [-0.2, -0.15) is 13.2 Å². The fraction of sp³-hybridized carbons (Fsp3) is 0.769. The maximum absolute atomic E-state index is 12.4. The summed E-state index contributed by atoms with van der Waals surface area (Å²) in [7, 11) is -2.01. The molecule has 0 N–H and O–H groups in total. The zero-order chi connectivity index (χ0) is 15.5. The molecule has 6 heteroatoms. The molecule has 0 amide bonds. The smallest absolute Gasteiger partial charge is 0.393 e. The van der Waals surface area contributed by atoms with E-state index >= 15 is 0 Å². The summed E-state index contributed by atoms with van der Waals surface area (Å²) in [6.45, 7) is 11.1. The first-order valence-corrected chi connectivity index (χ1v) is 9.01. The van der Waals surface area contributed by atoms with E-state index in [1.54, 1.807) is 0 Å². The van der Waals surface area contributed by atoms with E-state index in [0.717, 1.165) is 6.92 Å². The van der Waals surface area contributed by atoms with Crippen LogP contribution in [0.25, 0.3) is 0 Å². The summed E-state index contributed by atoms with van der Waals surface area (Å²) in [4.78, 5) is 10.8. The lowest BCUT2D eigenvalue weighted by atomic mass is 10.2.